The summed E-state index contributed by atoms with van der Waals surface area (Å²) in [7, 11) is 1.59. The van der Waals surface area contributed by atoms with E-state index in [1.54, 1.807) is 13.1 Å². The number of likely N-dealkylation sites (N-methyl/N-ethyl adjacent to an activating group) is 1. The number of nitrogens with zero attached hydrogens (tertiary/aromatic N) is 3. The van der Waals surface area contributed by atoms with E-state index < -0.39 is 11.9 Å². The van der Waals surface area contributed by atoms with Crippen molar-refractivity contribution in [2.75, 3.05) is 33.2 Å². The summed E-state index contributed by atoms with van der Waals surface area (Å²) in [5.74, 6) is -1.12. The van der Waals surface area contributed by atoms with Crippen LogP contribution in [0.5, 0.6) is 0 Å². The second-order valence-corrected chi connectivity index (χ2v) is 4.58. The van der Waals surface area contributed by atoms with E-state index in [1.807, 2.05) is 67.2 Å². The van der Waals surface area contributed by atoms with Crippen molar-refractivity contribution in [1.82, 2.24) is 9.80 Å². The quantitative estimate of drug-likeness (QED) is 0.341. The van der Waals surface area contributed by atoms with Gasteiger partial charge in [0.15, 0.2) is 0 Å². The van der Waals surface area contributed by atoms with Crippen LogP contribution in [0.15, 0.2) is 5.57 Å². The van der Waals surface area contributed by atoms with Crippen LogP contribution in [0.4, 0.5) is 0 Å². The van der Waals surface area contributed by atoms with E-state index in [0.717, 1.165) is 25.9 Å². The maximum absolute atomic E-state index is 10.8. The third-order valence-corrected chi connectivity index (χ3v) is 2.98. The Morgan fingerprint density at radius 1 is 1.00 bits per heavy atom. The number of aliphatic carboxylic acids is 1. The number of amides is 1. The Balaban J connectivity index is -0.0000000660. The van der Waals surface area contributed by atoms with E-state index in [0.29, 0.717) is 6.54 Å². The van der Waals surface area contributed by atoms with Gasteiger partial charge in [0, 0.05) is 39.3 Å². The SMILES string of the molecule is CC.CC.CC.CC.O=C(O)CN1CCCCC1.[CH-]=C(C#N)C(=O)N(C)CC.[Y]. The minimum absolute atomic E-state index is 0. The molecule has 0 aliphatic carbocycles. The molecule has 0 aromatic carbocycles. The minimum Gasteiger partial charge on any atom is -0.480 e. The number of piperidine rings is 1. The first kappa shape index (κ1) is 42.4. The van der Waals surface area contributed by atoms with Crippen molar-refractivity contribution in [1.29, 1.82) is 5.26 Å². The normalized spacial score (nSPS) is 10.8. The summed E-state index contributed by atoms with van der Waals surface area (Å²) >= 11 is 0. The van der Waals surface area contributed by atoms with Crippen molar-refractivity contribution in [3.63, 3.8) is 0 Å². The fourth-order valence-corrected chi connectivity index (χ4v) is 1.71. The van der Waals surface area contributed by atoms with Crippen molar-refractivity contribution >= 4 is 11.9 Å². The minimum atomic E-state index is -0.707. The summed E-state index contributed by atoms with van der Waals surface area (Å²) in [6, 6.07) is 1.58. The number of carboxylic acid groups (broad SMARTS) is 1. The zero-order valence-electron chi connectivity index (χ0n) is 20.7. The predicted molar refractivity (Wildman–Crippen MR) is 120 cm³/mol. The van der Waals surface area contributed by atoms with Crippen LogP contribution in [0.2, 0.25) is 0 Å². The van der Waals surface area contributed by atoms with E-state index in [-0.39, 0.29) is 44.8 Å². The fourth-order valence-electron chi connectivity index (χ4n) is 1.71. The van der Waals surface area contributed by atoms with E-state index in [2.05, 4.69) is 0 Å². The van der Waals surface area contributed by atoms with Gasteiger partial charge in [-0.1, -0.05) is 73.5 Å². The van der Waals surface area contributed by atoms with Gasteiger partial charge in [-0.05, 0) is 39.9 Å². The molecule has 1 N–H and O–H groups in total. The van der Waals surface area contributed by atoms with Gasteiger partial charge in [0.05, 0.1) is 6.54 Å². The molecule has 0 bridgehead atoms. The zero-order chi connectivity index (χ0) is 23.5. The van der Waals surface area contributed by atoms with Gasteiger partial charge >= 0.3 is 5.97 Å². The zero-order valence-corrected chi connectivity index (χ0v) is 23.5. The first-order valence-electron chi connectivity index (χ1n) is 10.6. The summed E-state index contributed by atoms with van der Waals surface area (Å²) in [5, 5.41) is 16.6. The molecule has 29 heavy (non-hydrogen) atoms. The molecule has 171 valence electrons. The monoisotopic (exact) mass is 489 g/mol. The van der Waals surface area contributed by atoms with E-state index in [9.17, 15) is 9.59 Å². The number of likely N-dealkylation sites (tertiary alicyclic amines) is 1. The third-order valence-electron chi connectivity index (χ3n) is 2.98. The average molecular weight is 490 g/mol. The van der Waals surface area contributed by atoms with Crippen LogP contribution in [0.1, 0.15) is 81.6 Å². The molecule has 6 nitrogen and oxygen atoms in total. The topological polar surface area (TPSA) is 84.6 Å². The fraction of sp³-hybridized carbons (Fsp3) is 0.773. The Morgan fingerprint density at radius 3 is 1.66 bits per heavy atom. The summed E-state index contributed by atoms with van der Waals surface area (Å²) in [5.41, 5.74) is -0.260. The molecule has 1 rings (SSSR count). The third kappa shape index (κ3) is 32.1. The molecule has 1 fully saturated rings. The second-order valence-electron chi connectivity index (χ2n) is 4.58. The van der Waals surface area contributed by atoms with Gasteiger partial charge in [-0.3, -0.25) is 15.0 Å². The molecule has 0 spiro atoms. The van der Waals surface area contributed by atoms with Crippen LogP contribution in [0.3, 0.4) is 0 Å². The molecule has 1 heterocycles. The Morgan fingerprint density at radius 2 is 1.38 bits per heavy atom. The number of hydrogen-bond donors (Lipinski definition) is 1. The van der Waals surface area contributed by atoms with Crippen molar-refractivity contribution in [2.24, 2.45) is 0 Å². The molecule has 0 atom stereocenters. The molecule has 1 amide bonds. The smallest absolute Gasteiger partial charge is 0.317 e. The Hall–Kier alpha value is -0.766. The number of hydrogen-bond acceptors (Lipinski definition) is 4. The second kappa shape index (κ2) is 37.9. The van der Waals surface area contributed by atoms with Gasteiger partial charge in [-0.15, -0.1) is 0 Å². The standard InChI is InChI=1S/C7H9N2O.C7H13NO2.4C2H6.Y/c1-4-9(3)7(10)6(2)5-8;9-7(10)6-8-4-2-1-3-5-8;4*1-2;/h2H,4H2,1,3H3;1-6H2,(H,9,10);4*1-2H3;/q-1;;;;;;. The summed E-state index contributed by atoms with van der Waals surface area (Å²) < 4.78 is 0. The first-order chi connectivity index (χ1) is 13.4. The molecule has 1 saturated heterocycles. The largest absolute Gasteiger partial charge is 0.480 e. The van der Waals surface area contributed by atoms with Gasteiger partial charge in [-0.2, -0.15) is 0 Å². The van der Waals surface area contributed by atoms with Gasteiger partial charge in [0.25, 0.3) is 0 Å². The van der Waals surface area contributed by atoms with Crippen molar-refractivity contribution in [3.05, 3.63) is 12.2 Å². The van der Waals surface area contributed by atoms with Gasteiger partial charge in [0.2, 0.25) is 0 Å². The molecule has 1 aliphatic rings. The molecular formula is C22H46N3O3Y-. The molecule has 7 heteroatoms. The van der Waals surface area contributed by atoms with Crippen LogP contribution >= 0.6 is 0 Å². The number of carboxylic acids is 1. The Labute approximate surface area is 206 Å². The van der Waals surface area contributed by atoms with E-state index >= 15 is 0 Å². The molecule has 1 radical (unpaired) electrons. The maximum Gasteiger partial charge on any atom is 0.317 e. The summed E-state index contributed by atoms with van der Waals surface area (Å²) in [6.07, 6.45) is 3.58. The number of carbonyl (C=O) groups excluding carboxylic acids is 1. The summed E-state index contributed by atoms with van der Waals surface area (Å²) in [6.45, 7) is 25.6. The predicted octanol–water partition coefficient (Wildman–Crippen LogP) is 5.01. The molecule has 0 aromatic rings. The van der Waals surface area contributed by atoms with Crippen LogP contribution in [-0.4, -0.2) is 60.0 Å². The Bertz CT molecular complexity index is 391. The van der Waals surface area contributed by atoms with Crippen molar-refractivity contribution in [2.45, 2.75) is 81.6 Å². The van der Waals surface area contributed by atoms with Gasteiger partial charge in [0.1, 0.15) is 5.91 Å². The molecule has 0 saturated carbocycles. The number of carbonyl (C=O) groups is 2. The first-order valence-corrected chi connectivity index (χ1v) is 10.6. The van der Waals surface area contributed by atoms with Crippen LogP contribution in [0, 0.1) is 17.9 Å². The maximum atomic E-state index is 10.8. The molecule has 0 unspecified atom stereocenters. The van der Waals surface area contributed by atoms with Gasteiger partial charge < -0.3 is 14.8 Å². The summed E-state index contributed by atoms with van der Waals surface area (Å²) in [4.78, 5) is 24.4. The average Bonchev–Trinajstić information content (AvgIpc) is 2.78. The van der Waals surface area contributed by atoms with E-state index in [4.69, 9.17) is 16.9 Å². The van der Waals surface area contributed by atoms with Gasteiger partial charge in [-0.25, -0.2) is 6.58 Å². The van der Waals surface area contributed by atoms with Crippen LogP contribution < -0.4 is 0 Å². The molecule has 1 aliphatic heterocycles. The van der Waals surface area contributed by atoms with E-state index in [1.165, 1.54) is 11.3 Å². The van der Waals surface area contributed by atoms with Crippen LogP contribution in [-0.2, 0) is 42.3 Å². The Kier molecular flexibility index (Phi) is 55.4. The number of rotatable bonds is 4. The molecule has 0 aromatic heterocycles. The van der Waals surface area contributed by atoms with Crippen molar-refractivity contribution < 1.29 is 47.4 Å². The number of nitriles is 1. The molecular weight excluding hydrogens is 443 g/mol. The van der Waals surface area contributed by atoms with Crippen LogP contribution in [0.25, 0.3) is 0 Å². The van der Waals surface area contributed by atoms with Crippen molar-refractivity contribution in [3.8, 4) is 6.07 Å².